The van der Waals surface area contributed by atoms with Crippen molar-refractivity contribution in [1.29, 1.82) is 0 Å². The van der Waals surface area contributed by atoms with Crippen molar-refractivity contribution in [1.82, 2.24) is 9.97 Å². The van der Waals surface area contributed by atoms with Crippen LogP contribution < -0.4 is 0 Å². The number of imidazole rings is 1. The van der Waals surface area contributed by atoms with Gasteiger partial charge in [0, 0.05) is 18.8 Å². The lowest BCUT2D eigenvalue weighted by atomic mass is 10.0. The van der Waals surface area contributed by atoms with Crippen LogP contribution in [0.4, 0.5) is 0 Å². The molecule has 2 atom stereocenters. The van der Waals surface area contributed by atoms with Crippen molar-refractivity contribution < 1.29 is 4.74 Å². The van der Waals surface area contributed by atoms with Crippen molar-refractivity contribution in [3.8, 4) is 0 Å². The first-order chi connectivity index (χ1) is 13.8. The van der Waals surface area contributed by atoms with Crippen molar-refractivity contribution in [3.63, 3.8) is 0 Å². The second kappa shape index (κ2) is 9.97. The Morgan fingerprint density at radius 2 is 1.69 bits per heavy atom. The number of H-pyrrole nitrogens is 1. The average molecular weight is 425 g/mol. The molecule has 0 aliphatic rings. The average Bonchev–Trinajstić information content (AvgIpc) is 3.23. The lowest BCUT2D eigenvalue weighted by Gasteiger charge is -2.16. The Hall–Kier alpha value is -2.27. The zero-order valence-corrected chi connectivity index (χ0v) is 18.0. The van der Waals surface area contributed by atoms with E-state index in [2.05, 4.69) is 89.3 Å². The molecule has 0 fully saturated rings. The topological polar surface area (TPSA) is 37.9 Å². The van der Waals surface area contributed by atoms with Crippen LogP contribution in [-0.4, -0.2) is 22.8 Å². The molecule has 1 N–H and O–H groups in total. The van der Waals surface area contributed by atoms with E-state index in [1.807, 2.05) is 12.3 Å². The predicted molar refractivity (Wildman–Crippen MR) is 125 cm³/mol. The second-order valence-corrected chi connectivity index (χ2v) is 7.38. The summed E-state index contributed by atoms with van der Waals surface area (Å²) in [6, 6.07) is 25.3. The molecule has 4 aromatic rings. The molecule has 150 valence electrons. The molecule has 5 heteroatoms. The van der Waals surface area contributed by atoms with Gasteiger partial charge in [-0.25, -0.2) is 4.98 Å². The van der Waals surface area contributed by atoms with Gasteiger partial charge in [0.25, 0.3) is 0 Å². The SMILES string of the molecule is CO[C@H](c1ccc2ccccc2c1)c1cnc([C@@H](CS)Cc2ccccc2)[nH]1.Cl. The van der Waals surface area contributed by atoms with Crippen molar-refractivity contribution in [3.05, 3.63) is 102 Å². The van der Waals surface area contributed by atoms with Crippen LogP contribution in [0, 0.1) is 0 Å². The van der Waals surface area contributed by atoms with Crippen LogP contribution in [0.15, 0.2) is 79.0 Å². The minimum atomic E-state index is -0.178. The molecule has 4 rings (SSSR count). The number of ether oxygens (including phenoxy) is 1. The molecule has 3 nitrogen and oxygen atoms in total. The first kappa shape index (κ1) is 21.4. The van der Waals surface area contributed by atoms with Crippen LogP contribution in [0.1, 0.15) is 34.7 Å². The fraction of sp³-hybridized carbons (Fsp3) is 0.208. The largest absolute Gasteiger partial charge is 0.370 e. The van der Waals surface area contributed by atoms with Gasteiger partial charge in [0.15, 0.2) is 0 Å². The normalized spacial score (nSPS) is 13.0. The summed E-state index contributed by atoms with van der Waals surface area (Å²) in [5.41, 5.74) is 3.37. The van der Waals surface area contributed by atoms with Gasteiger partial charge in [-0.05, 0) is 34.4 Å². The molecule has 0 aliphatic heterocycles. The van der Waals surface area contributed by atoms with Crippen molar-refractivity contribution in [2.75, 3.05) is 12.9 Å². The molecule has 0 aliphatic carbocycles. The van der Waals surface area contributed by atoms with Crippen molar-refractivity contribution in [2.45, 2.75) is 18.4 Å². The van der Waals surface area contributed by atoms with Gasteiger partial charge >= 0.3 is 0 Å². The summed E-state index contributed by atoms with van der Waals surface area (Å²) in [4.78, 5) is 8.15. The zero-order valence-electron chi connectivity index (χ0n) is 16.3. The Bertz CT molecular complexity index is 1050. The number of methoxy groups -OCH3 is 1. The standard InChI is InChI=1S/C24H24N2OS.ClH/c1-27-23(20-12-11-18-9-5-6-10-19(18)14-20)22-15-25-24(26-22)21(16-28)13-17-7-3-2-4-8-17;/h2-12,14-15,21,23,28H,13,16H2,1H3,(H,25,26);1H/t21-,23-;/m1./s1. The third kappa shape index (κ3) is 4.84. The molecular weight excluding hydrogens is 400 g/mol. The van der Waals surface area contributed by atoms with Gasteiger partial charge in [-0.3, -0.25) is 0 Å². The molecule has 0 amide bonds. The van der Waals surface area contributed by atoms with E-state index >= 15 is 0 Å². The van der Waals surface area contributed by atoms with Gasteiger partial charge < -0.3 is 9.72 Å². The maximum Gasteiger partial charge on any atom is 0.123 e. The lowest BCUT2D eigenvalue weighted by Crippen LogP contribution is -2.08. The van der Waals surface area contributed by atoms with Crippen LogP contribution in [0.2, 0.25) is 0 Å². The van der Waals surface area contributed by atoms with Gasteiger partial charge in [0.1, 0.15) is 11.9 Å². The molecule has 29 heavy (non-hydrogen) atoms. The second-order valence-electron chi connectivity index (χ2n) is 7.02. The fourth-order valence-corrected chi connectivity index (χ4v) is 3.95. The lowest BCUT2D eigenvalue weighted by molar-refractivity contribution is 0.133. The summed E-state index contributed by atoms with van der Waals surface area (Å²) in [6.07, 6.45) is 2.62. The summed E-state index contributed by atoms with van der Waals surface area (Å²) < 4.78 is 5.83. The maximum atomic E-state index is 5.83. The maximum absolute atomic E-state index is 5.83. The number of nitrogens with zero attached hydrogens (tertiary/aromatic N) is 1. The van der Waals surface area contributed by atoms with Gasteiger partial charge in [0.2, 0.25) is 0 Å². The Labute approximate surface area is 183 Å². The van der Waals surface area contributed by atoms with E-state index in [0.29, 0.717) is 0 Å². The Kier molecular flexibility index (Phi) is 7.37. The number of rotatable bonds is 7. The Morgan fingerprint density at radius 1 is 0.966 bits per heavy atom. The van der Waals surface area contributed by atoms with Crippen LogP contribution >= 0.6 is 25.0 Å². The molecule has 0 spiro atoms. The van der Waals surface area contributed by atoms with E-state index in [1.54, 1.807) is 7.11 Å². The summed E-state index contributed by atoms with van der Waals surface area (Å²) in [6.45, 7) is 0. The minimum absolute atomic E-state index is 0. The number of benzene rings is 3. The number of aromatic amines is 1. The molecule has 0 saturated carbocycles. The number of thiol groups is 1. The van der Waals surface area contributed by atoms with E-state index in [9.17, 15) is 0 Å². The Morgan fingerprint density at radius 3 is 2.41 bits per heavy atom. The van der Waals surface area contributed by atoms with E-state index in [0.717, 1.165) is 29.3 Å². The van der Waals surface area contributed by atoms with Crippen LogP contribution in [0.3, 0.4) is 0 Å². The number of fused-ring (bicyclic) bond motifs is 1. The molecule has 3 aromatic carbocycles. The predicted octanol–water partition coefficient (Wildman–Crippen LogP) is 5.98. The van der Waals surface area contributed by atoms with Gasteiger partial charge in [-0.2, -0.15) is 12.6 Å². The summed E-state index contributed by atoms with van der Waals surface area (Å²) >= 11 is 4.56. The number of halogens is 1. The summed E-state index contributed by atoms with van der Waals surface area (Å²) in [5, 5.41) is 2.43. The van der Waals surface area contributed by atoms with E-state index in [-0.39, 0.29) is 24.4 Å². The molecule has 1 heterocycles. The van der Waals surface area contributed by atoms with Crippen LogP contribution in [0.25, 0.3) is 10.8 Å². The zero-order chi connectivity index (χ0) is 19.3. The van der Waals surface area contributed by atoms with Gasteiger partial charge in [0.05, 0.1) is 11.9 Å². The number of nitrogens with one attached hydrogen (secondary N) is 1. The molecule has 0 saturated heterocycles. The number of aromatic nitrogens is 2. The van der Waals surface area contributed by atoms with Crippen molar-refractivity contribution >= 4 is 35.8 Å². The molecule has 1 aromatic heterocycles. The highest BCUT2D eigenvalue weighted by molar-refractivity contribution is 7.80. The smallest absolute Gasteiger partial charge is 0.123 e. The molecule has 0 radical (unpaired) electrons. The third-order valence-corrected chi connectivity index (χ3v) is 5.58. The van der Waals surface area contributed by atoms with E-state index < -0.39 is 0 Å². The Balaban J connectivity index is 0.00000240. The highest BCUT2D eigenvalue weighted by Crippen LogP contribution is 2.29. The van der Waals surface area contributed by atoms with Gasteiger partial charge in [-0.15, -0.1) is 12.4 Å². The third-order valence-electron chi connectivity index (χ3n) is 5.14. The highest BCUT2D eigenvalue weighted by Gasteiger charge is 2.20. The summed E-state index contributed by atoms with van der Waals surface area (Å²) in [7, 11) is 1.74. The van der Waals surface area contributed by atoms with Crippen molar-refractivity contribution in [2.24, 2.45) is 0 Å². The molecule has 0 unspecified atom stereocenters. The molecule has 0 bridgehead atoms. The first-order valence-corrected chi connectivity index (χ1v) is 10.1. The number of hydrogen-bond donors (Lipinski definition) is 2. The number of hydrogen-bond acceptors (Lipinski definition) is 3. The van der Waals surface area contributed by atoms with E-state index in [4.69, 9.17) is 4.74 Å². The highest BCUT2D eigenvalue weighted by atomic mass is 35.5. The minimum Gasteiger partial charge on any atom is -0.370 e. The quantitative estimate of drug-likeness (QED) is 0.358. The van der Waals surface area contributed by atoms with Crippen LogP contribution in [-0.2, 0) is 11.2 Å². The fourth-order valence-electron chi connectivity index (χ4n) is 3.65. The molecular formula is C24H25ClN2OS. The first-order valence-electron chi connectivity index (χ1n) is 9.49. The van der Waals surface area contributed by atoms with Crippen LogP contribution in [0.5, 0.6) is 0 Å². The van der Waals surface area contributed by atoms with E-state index in [1.165, 1.54) is 16.3 Å². The monoisotopic (exact) mass is 424 g/mol. The van der Waals surface area contributed by atoms with Gasteiger partial charge in [-0.1, -0.05) is 66.7 Å². The summed E-state index contributed by atoms with van der Waals surface area (Å²) in [5.74, 6) is 1.92.